The van der Waals surface area contributed by atoms with Crippen molar-refractivity contribution in [2.75, 3.05) is 34.0 Å². The van der Waals surface area contributed by atoms with Crippen LogP contribution < -0.4 is 33.8 Å². The van der Waals surface area contributed by atoms with E-state index in [0.29, 0.717) is 67.9 Å². The lowest BCUT2D eigenvalue weighted by molar-refractivity contribution is -0.139. The van der Waals surface area contributed by atoms with Crippen LogP contribution in [-0.2, 0) is 9.53 Å². The van der Waals surface area contributed by atoms with Gasteiger partial charge in [0.15, 0.2) is 27.8 Å². The summed E-state index contributed by atoms with van der Waals surface area (Å²) >= 11 is 1.25. The van der Waals surface area contributed by atoms with Crippen molar-refractivity contribution in [3.8, 4) is 23.0 Å². The molecule has 0 unspecified atom stereocenters. The van der Waals surface area contributed by atoms with Gasteiger partial charge >= 0.3 is 5.97 Å². The van der Waals surface area contributed by atoms with Gasteiger partial charge in [0.25, 0.3) is 5.56 Å². The predicted octanol–water partition coefficient (Wildman–Crippen LogP) is 4.78. The molecule has 0 amide bonds. The smallest absolute Gasteiger partial charge is 0.338 e. The summed E-state index contributed by atoms with van der Waals surface area (Å²) in [6.07, 6.45) is 4.52. The zero-order valence-electron chi connectivity index (χ0n) is 25.0. The van der Waals surface area contributed by atoms with Gasteiger partial charge in [-0.2, -0.15) is 0 Å². The second-order valence-corrected chi connectivity index (χ2v) is 10.7. The number of carbonyl (C=O) groups excluding carboxylic acids is 1. The molecule has 42 heavy (non-hydrogen) atoms. The van der Waals surface area contributed by atoms with Crippen LogP contribution in [0.4, 0.5) is 0 Å². The fourth-order valence-electron chi connectivity index (χ4n) is 4.71. The molecule has 0 N–H and O–H groups in total. The van der Waals surface area contributed by atoms with Crippen molar-refractivity contribution in [1.29, 1.82) is 0 Å². The number of hydrogen-bond acceptors (Lipinski definition) is 9. The lowest BCUT2D eigenvalue weighted by Crippen LogP contribution is -2.40. The molecule has 0 bridgehead atoms. The van der Waals surface area contributed by atoms with Crippen molar-refractivity contribution in [3.05, 3.63) is 78.5 Å². The molecule has 4 rings (SSSR count). The molecule has 0 saturated heterocycles. The highest BCUT2D eigenvalue weighted by molar-refractivity contribution is 7.07. The van der Waals surface area contributed by atoms with Crippen molar-refractivity contribution in [1.82, 2.24) is 4.57 Å². The fourth-order valence-corrected chi connectivity index (χ4v) is 5.75. The Balaban J connectivity index is 1.91. The first-order valence-corrected chi connectivity index (χ1v) is 15.0. The van der Waals surface area contributed by atoms with Crippen molar-refractivity contribution in [2.24, 2.45) is 4.99 Å². The summed E-state index contributed by atoms with van der Waals surface area (Å²) in [4.78, 5) is 32.5. The summed E-state index contributed by atoms with van der Waals surface area (Å²) in [7, 11) is 3.15. The van der Waals surface area contributed by atoms with Gasteiger partial charge in [0.1, 0.15) is 0 Å². The number of allylic oxidation sites excluding steroid dienone is 1. The van der Waals surface area contributed by atoms with Crippen LogP contribution >= 0.6 is 11.3 Å². The van der Waals surface area contributed by atoms with Crippen LogP contribution in [0.3, 0.4) is 0 Å². The molecular weight excluding hydrogens is 556 g/mol. The molecule has 224 valence electrons. The number of fused-ring (bicyclic) bond motifs is 1. The van der Waals surface area contributed by atoms with Crippen LogP contribution in [0.1, 0.15) is 64.1 Å². The number of thiazole rings is 1. The van der Waals surface area contributed by atoms with Crippen LogP contribution in [0.15, 0.2) is 57.5 Å². The number of rotatable bonds is 13. The van der Waals surface area contributed by atoms with Gasteiger partial charge in [-0.3, -0.25) is 9.36 Å². The van der Waals surface area contributed by atoms with Gasteiger partial charge in [0.05, 0.1) is 55.9 Å². The van der Waals surface area contributed by atoms with Gasteiger partial charge in [0.2, 0.25) is 0 Å². The molecule has 0 radical (unpaired) electrons. The minimum Gasteiger partial charge on any atom is -0.493 e. The van der Waals surface area contributed by atoms with Crippen LogP contribution in [0.5, 0.6) is 23.0 Å². The Hall–Kier alpha value is -4.05. The first kappa shape index (κ1) is 30.9. The highest BCUT2D eigenvalue weighted by Crippen LogP contribution is 2.36. The maximum absolute atomic E-state index is 14.1. The zero-order chi connectivity index (χ0) is 30.2. The standard InChI is InChI=1S/C32H38N2O7S/c1-7-10-17-40-23-15-14-21(18-25(23)38-6)28-27(31(36)39-9-3)20(4)33-32-34(28)30(35)26(42-32)19-22-12-11-13-24(37-5)29(22)41-16-8-2/h11-15,18-19,28H,7-10,16-17H2,1-6H3/t28-/m0/s1. The van der Waals surface area contributed by atoms with Crippen molar-refractivity contribution >= 4 is 23.4 Å². The van der Waals surface area contributed by atoms with E-state index in [1.54, 1.807) is 44.8 Å². The van der Waals surface area contributed by atoms with E-state index in [-0.39, 0.29) is 12.2 Å². The predicted molar refractivity (Wildman–Crippen MR) is 163 cm³/mol. The van der Waals surface area contributed by atoms with E-state index in [0.717, 1.165) is 19.3 Å². The number of unbranched alkanes of at least 4 members (excludes halogenated alkanes) is 1. The summed E-state index contributed by atoms with van der Waals surface area (Å²) < 4.78 is 30.5. The first-order chi connectivity index (χ1) is 20.4. The Morgan fingerprint density at radius 2 is 1.79 bits per heavy atom. The quantitative estimate of drug-likeness (QED) is 0.208. The molecule has 2 aromatic carbocycles. The number of methoxy groups -OCH3 is 2. The molecule has 0 aliphatic carbocycles. The molecule has 1 atom stereocenters. The largest absolute Gasteiger partial charge is 0.493 e. The van der Waals surface area contributed by atoms with E-state index in [4.69, 9.17) is 23.7 Å². The topological polar surface area (TPSA) is 97.6 Å². The summed E-state index contributed by atoms with van der Waals surface area (Å²) in [5, 5.41) is 0. The summed E-state index contributed by atoms with van der Waals surface area (Å²) in [5.41, 5.74) is 1.88. The minimum atomic E-state index is -0.776. The van der Waals surface area contributed by atoms with E-state index in [1.165, 1.54) is 11.3 Å². The molecule has 9 nitrogen and oxygen atoms in total. The fraction of sp³-hybridized carbons (Fsp3) is 0.406. The number of benzene rings is 2. The van der Waals surface area contributed by atoms with Gasteiger partial charge in [-0.15, -0.1) is 0 Å². The summed E-state index contributed by atoms with van der Waals surface area (Å²) in [6, 6.07) is 10.2. The second kappa shape index (κ2) is 14.2. The Morgan fingerprint density at radius 3 is 2.48 bits per heavy atom. The Bertz CT molecular complexity index is 1640. The highest BCUT2D eigenvalue weighted by Gasteiger charge is 2.34. The van der Waals surface area contributed by atoms with E-state index in [9.17, 15) is 9.59 Å². The van der Waals surface area contributed by atoms with Crippen molar-refractivity contribution in [3.63, 3.8) is 0 Å². The second-order valence-electron chi connectivity index (χ2n) is 9.64. The lowest BCUT2D eigenvalue weighted by atomic mass is 9.95. The maximum Gasteiger partial charge on any atom is 0.338 e. The number of nitrogens with zero attached hydrogens (tertiary/aromatic N) is 2. The molecule has 1 aliphatic rings. The van der Waals surface area contributed by atoms with E-state index in [2.05, 4.69) is 11.9 Å². The third-order valence-corrected chi connectivity index (χ3v) is 7.73. The highest BCUT2D eigenvalue weighted by atomic mass is 32.1. The number of carbonyl (C=O) groups is 1. The lowest BCUT2D eigenvalue weighted by Gasteiger charge is -2.25. The molecule has 3 aromatic rings. The molecule has 0 saturated carbocycles. The number of ether oxygens (including phenoxy) is 5. The molecule has 1 aliphatic heterocycles. The molecular formula is C32H38N2O7S. The minimum absolute atomic E-state index is 0.191. The van der Waals surface area contributed by atoms with E-state index >= 15 is 0 Å². The van der Waals surface area contributed by atoms with Crippen LogP contribution in [0.25, 0.3) is 6.08 Å². The van der Waals surface area contributed by atoms with Crippen LogP contribution in [-0.4, -0.2) is 44.6 Å². The van der Waals surface area contributed by atoms with Crippen LogP contribution in [0.2, 0.25) is 0 Å². The van der Waals surface area contributed by atoms with Gasteiger partial charge in [-0.05, 0) is 56.5 Å². The number of para-hydroxylation sites is 1. The van der Waals surface area contributed by atoms with Crippen molar-refractivity contribution in [2.45, 2.75) is 53.0 Å². The maximum atomic E-state index is 14.1. The van der Waals surface area contributed by atoms with E-state index in [1.807, 2.05) is 37.3 Å². The monoisotopic (exact) mass is 594 g/mol. The first-order valence-electron chi connectivity index (χ1n) is 14.2. The number of hydrogen-bond donors (Lipinski definition) is 0. The van der Waals surface area contributed by atoms with Crippen LogP contribution in [0, 0.1) is 0 Å². The summed E-state index contributed by atoms with van der Waals surface area (Å²) in [6.45, 7) is 8.88. The number of esters is 1. The SMILES string of the molecule is CCCCOc1ccc([C@H]2C(C(=O)OCC)=C(C)N=c3sc(=Cc4cccc(OC)c4OCCC)c(=O)n32)cc1OC. The van der Waals surface area contributed by atoms with Crippen molar-refractivity contribution < 1.29 is 28.5 Å². The molecule has 10 heteroatoms. The molecule has 2 heterocycles. The van der Waals surface area contributed by atoms with Gasteiger partial charge < -0.3 is 23.7 Å². The Morgan fingerprint density at radius 1 is 1.00 bits per heavy atom. The third kappa shape index (κ3) is 6.38. The molecule has 0 spiro atoms. The van der Waals surface area contributed by atoms with Gasteiger partial charge in [-0.1, -0.05) is 49.8 Å². The zero-order valence-corrected chi connectivity index (χ0v) is 25.8. The molecule has 1 aromatic heterocycles. The normalized spacial score (nSPS) is 14.7. The third-order valence-electron chi connectivity index (χ3n) is 6.74. The average molecular weight is 595 g/mol. The molecule has 0 fully saturated rings. The number of aromatic nitrogens is 1. The Kier molecular flexibility index (Phi) is 10.5. The Labute approximate surface area is 249 Å². The van der Waals surface area contributed by atoms with E-state index < -0.39 is 12.0 Å². The summed E-state index contributed by atoms with van der Waals surface area (Å²) in [5.74, 6) is 1.73. The average Bonchev–Trinajstić information content (AvgIpc) is 3.29. The van der Waals surface area contributed by atoms with Gasteiger partial charge in [-0.25, -0.2) is 9.79 Å². The van der Waals surface area contributed by atoms with Gasteiger partial charge in [0, 0.05) is 5.56 Å².